The first-order valence-corrected chi connectivity index (χ1v) is 7.72. The molecule has 1 aliphatic rings. The maximum atomic E-state index is 13.4. The quantitative estimate of drug-likeness (QED) is 0.642. The fraction of sp³-hybridized carbons (Fsp3) is 0.286. The number of nitro groups is 1. The van der Waals surface area contributed by atoms with Crippen molar-refractivity contribution < 1.29 is 9.31 Å². The van der Waals surface area contributed by atoms with E-state index < -0.39 is 10.7 Å². The molecular formula is C14H12ClFN2O2S. The Morgan fingerprint density at radius 3 is 3.00 bits per heavy atom. The maximum absolute atomic E-state index is 13.4. The average molecular weight is 327 g/mol. The third kappa shape index (κ3) is 2.87. The highest BCUT2D eigenvalue weighted by atomic mass is 35.5. The molecule has 0 saturated heterocycles. The molecule has 7 heteroatoms. The smallest absolute Gasteiger partial charge is 0.292 e. The predicted molar refractivity (Wildman–Crippen MR) is 81.7 cm³/mol. The molecule has 0 saturated carbocycles. The van der Waals surface area contributed by atoms with Gasteiger partial charge in [-0.25, -0.2) is 4.39 Å². The molecule has 1 heterocycles. The Balaban J connectivity index is 1.94. The van der Waals surface area contributed by atoms with Gasteiger partial charge in [-0.2, -0.15) is 0 Å². The molecule has 1 N–H and O–H groups in total. The van der Waals surface area contributed by atoms with Gasteiger partial charge in [0.25, 0.3) is 5.69 Å². The highest BCUT2D eigenvalue weighted by molar-refractivity contribution is 7.16. The van der Waals surface area contributed by atoms with Gasteiger partial charge in [0.1, 0.15) is 11.5 Å². The van der Waals surface area contributed by atoms with Crippen LogP contribution in [0.4, 0.5) is 15.8 Å². The zero-order chi connectivity index (χ0) is 15.0. The van der Waals surface area contributed by atoms with E-state index in [0.29, 0.717) is 4.34 Å². The van der Waals surface area contributed by atoms with E-state index in [9.17, 15) is 14.5 Å². The molecule has 1 aromatic heterocycles. The second-order valence-corrected chi connectivity index (χ2v) is 6.70. The van der Waals surface area contributed by atoms with Crippen LogP contribution in [-0.4, -0.2) is 4.92 Å². The van der Waals surface area contributed by atoms with Crippen LogP contribution < -0.4 is 5.32 Å². The van der Waals surface area contributed by atoms with Gasteiger partial charge in [-0.05, 0) is 37.0 Å². The van der Waals surface area contributed by atoms with Gasteiger partial charge >= 0.3 is 0 Å². The first kappa shape index (κ1) is 14.3. The predicted octanol–water partition coefficient (Wildman–Crippen LogP) is 4.94. The van der Waals surface area contributed by atoms with Gasteiger partial charge in [-0.1, -0.05) is 11.6 Å². The van der Waals surface area contributed by atoms with Crippen molar-refractivity contribution in [3.63, 3.8) is 0 Å². The van der Waals surface area contributed by atoms with E-state index >= 15 is 0 Å². The second-order valence-electron chi connectivity index (χ2n) is 4.94. The van der Waals surface area contributed by atoms with Gasteiger partial charge in [-0.3, -0.25) is 10.1 Å². The van der Waals surface area contributed by atoms with E-state index in [-0.39, 0.29) is 17.4 Å². The number of rotatable bonds is 3. The molecule has 0 bridgehead atoms. The fourth-order valence-electron chi connectivity index (χ4n) is 2.64. The van der Waals surface area contributed by atoms with Crippen molar-refractivity contribution in [3.8, 4) is 0 Å². The van der Waals surface area contributed by atoms with Gasteiger partial charge in [0.15, 0.2) is 0 Å². The molecule has 0 radical (unpaired) electrons. The van der Waals surface area contributed by atoms with E-state index in [4.69, 9.17) is 11.6 Å². The number of anilines is 1. The summed E-state index contributed by atoms with van der Waals surface area (Å²) in [5.41, 5.74) is 1.15. The Morgan fingerprint density at radius 2 is 2.24 bits per heavy atom. The lowest BCUT2D eigenvalue weighted by Crippen LogP contribution is -2.16. The Bertz CT molecular complexity index is 704. The summed E-state index contributed by atoms with van der Waals surface area (Å²) in [6, 6.07) is 5.26. The van der Waals surface area contributed by atoms with E-state index in [0.717, 1.165) is 30.9 Å². The number of hydrogen-bond acceptors (Lipinski definition) is 4. The SMILES string of the molecule is O=[N+]([O-])c1ccc(F)cc1NC1CCCc2sc(Cl)cc21. The van der Waals surface area contributed by atoms with E-state index in [1.54, 1.807) is 0 Å². The van der Waals surface area contributed by atoms with Crippen molar-refractivity contribution in [1.82, 2.24) is 0 Å². The lowest BCUT2D eigenvalue weighted by atomic mass is 9.94. The van der Waals surface area contributed by atoms with Crippen molar-refractivity contribution in [3.05, 3.63) is 55.0 Å². The summed E-state index contributed by atoms with van der Waals surface area (Å²) < 4.78 is 14.1. The van der Waals surface area contributed by atoms with Crippen LogP contribution in [0.1, 0.15) is 29.3 Å². The molecule has 0 spiro atoms. The van der Waals surface area contributed by atoms with Crippen LogP contribution in [0.25, 0.3) is 0 Å². The molecule has 0 fully saturated rings. The van der Waals surface area contributed by atoms with E-state index in [2.05, 4.69) is 5.32 Å². The van der Waals surface area contributed by atoms with E-state index in [1.807, 2.05) is 6.07 Å². The molecule has 4 nitrogen and oxygen atoms in total. The Kier molecular flexibility index (Phi) is 3.82. The minimum atomic E-state index is -0.508. The zero-order valence-corrected chi connectivity index (χ0v) is 12.5. The maximum Gasteiger partial charge on any atom is 0.292 e. The minimum Gasteiger partial charge on any atom is -0.373 e. The number of nitrogens with zero attached hydrogens (tertiary/aromatic N) is 1. The van der Waals surface area contributed by atoms with Crippen LogP contribution in [0.2, 0.25) is 4.34 Å². The summed E-state index contributed by atoms with van der Waals surface area (Å²) in [7, 11) is 0. The molecular weight excluding hydrogens is 315 g/mol. The lowest BCUT2D eigenvalue weighted by Gasteiger charge is -2.24. The van der Waals surface area contributed by atoms with Crippen molar-refractivity contribution >= 4 is 34.3 Å². The summed E-state index contributed by atoms with van der Waals surface area (Å²) in [6.45, 7) is 0. The van der Waals surface area contributed by atoms with Crippen LogP contribution >= 0.6 is 22.9 Å². The number of thiophene rings is 1. The number of nitrogens with one attached hydrogen (secondary N) is 1. The van der Waals surface area contributed by atoms with Gasteiger partial charge in [0.05, 0.1) is 15.3 Å². The highest BCUT2D eigenvalue weighted by Gasteiger charge is 2.25. The second kappa shape index (κ2) is 5.61. The van der Waals surface area contributed by atoms with Gasteiger partial charge < -0.3 is 5.32 Å². The van der Waals surface area contributed by atoms with Crippen molar-refractivity contribution in [2.24, 2.45) is 0 Å². The van der Waals surface area contributed by atoms with Crippen LogP contribution in [0.5, 0.6) is 0 Å². The average Bonchev–Trinajstić information content (AvgIpc) is 2.80. The van der Waals surface area contributed by atoms with Gasteiger partial charge in [0, 0.05) is 17.0 Å². The number of hydrogen-bond donors (Lipinski definition) is 1. The monoisotopic (exact) mass is 326 g/mol. The number of nitro benzene ring substituents is 1. The molecule has 0 aliphatic heterocycles. The third-order valence-electron chi connectivity index (χ3n) is 3.57. The molecule has 21 heavy (non-hydrogen) atoms. The summed E-state index contributed by atoms with van der Waals surface area (Å²) >= 11 is 7.58. The minimum absolute atomic E-state index is 0.0713. The van der Waals surface area contributed by atoms with Crippen LogP contribution in [0, 0.1) is 15.9 Å². The number of benzene rings is 1. The van der Waals surface area contributed by atoms with Gasteiger partial charge in [-0.15, -0.1) is 11.3 Å². The molecule has 1 atom stereocenters. The molecule has 110 valence electrons. The van der Waals surface area contributed by atoms with Gasteiger partial charge in [0.2, 0.25) is 0 Å². The van der Waals surface area contributed by atoms with Crippen molar-refractivity contribution in [2.75, 3.05) is 5.32 Å². The highest BCUT2D eigenvalue weighted by Crippen LogP contribution is 2.40. The third-order valence-corrected chi connectivity index (χ3v) is 4.91. The Labute approximate surface area is 129 Å². The normalized spacial score (nSPS) is 17.3. The summed E-state index contributed by atoms with van der Waals surface area (Å²) in [4.78, 5) is 11.7. The lowest BCUT2D eigenvalue weighted by molar-refractivity contribution is -0.384. The fourth-order valence-corrected chi connectivity index (χ4v) is 4.03. The first-order chi connectivity index (χ1) is 10.0. The first-order valence-electron chi connectivity index (χ1n) is 6.53. The number of aryl methyl sites for hydroxylation is 1. The molecule has 1 aliphatic carbocycles. The molecule has 1 unspecified atom stereocenters. The van der Waals surface area contributed by atoms with Crippen molar-refractivity contribution in [2.45, 2.75) is 25.3 Å². The Morgan fingerprint density at radius 1 is 1.43 bits per heavy atom. The molecule has 1 aromatic carbocycles. The number of fused-ring (bicyclic) bond motifs is 1. The largest absolute Gasteiger partial charge is 0.373 e. The van der Waals surface area contributed by atoms with Crippen LogP contribution in [0.3, 0.4) is 0 Å². The van der Waals surface area contributed by atoms with Crippen LogP contribution in [-0.2, 0) is 6.42 Å². The number of halogens is 2. The zero-order valence-electron chi connectivity index (χ0n) is 10.9. The Hall–Kier alpha value is -1.66. The van der Waals surface area contributed by atoms with Crippen molar-refractivity contribution in [1.29, 1.82) is 0 Å². The standard InChI is InChI=1S/C14H12ClFN2O2S/c15-14-7-9-10(2-1-3-13(9)21-14)17-11-6-8(16)4-5-12(11)18(19)20/h4-7,10,17H,1-3H2. The molecule has 0 amide bonds. The summed E-state index contributed by atoms with van der Waals surface area (Å²) in [5, 5.41) is 14.2. The van der Waals surface area contributed by atoms with E-state index in [1.165, 1.54) is 28.3 Å². The molecule has 2 aromatic rings. The topological polar surface area (TPSA) is 55.2 Å². The van der Waals surface area contributed by atoms with Crippen LogP contribution in [0.15, 0.2) is 24.3 Å². The molecule has 3 rings (SSSR count). The summed E-state index contributed by atoms with van der Waals surface area (Å²) in [5.74, 6) is -0.498. The summed E-state index contributed by atoms with van der Waals surface area (Å²) in [6.07, 6.45) is 2.79.